The van der Waals surface area contributed by atoms with Crippen molar-refractivity contribution in [1.29, 1.82) is 0 Å². The van der Waals surface area contributed by atoms with E-state index in [0.29, 0.717) is 6.42 Å². The van der Waals surface area contributed by atoms with Crippen LogP contribution in [-0.4, -0.2) is 33.6 Å². The highest BCUT2D eigenvalue weighted by Gasteiger charge is 2.46. The normalized spacial score (nSPS) is 28.6. The van der Waals surface area contributed by atoms with Crippen molar-refractivity contribution in [2.75, 3.05) is 0 Å². The summed E-state index contributed by atoms with van der Waals surface area (Å²) in [6, 6.07) is -0.746. The van der Waals surface area contributed by atoms with Crippen molar-refractivity contribution in [3.8, 4) is 0 Å². The molecule has 1 aliphatic heterocycles. The summed E-state index contributed by atoms with van der Waals surface area (Å²) in [7, 11) is 0. The van der Waals surface area contributed by atoms with Crippen LogP contribution in [0.25, 0.3) is 0 Å². The monoisotopic (exact) mass is 272 g/mol. The predicted molar refractivity (Wildman–Crippen MR) is 65.3 cm³/mol. The average Bonchev–Trinajstić information content (AvgIpc) is 2.02. The Morgan fingerprint density at radius 1 is 1.44 bits per heavy atom. The molecule has 96 valence electrons. The third kappa shape index (κ3) is 2.92. The minimum Gasteiger partial charge on any atom is -0.480 e. The molecule has 16 heavy (non-hydrogen) atoms. The van der Waals surface area contributed by atoms with Gasteiger partial charge in [-0.05, 0) is 33.1 Å². The number of rotatable bonds is 1. The number of halogens is 2. The molecule has 0 spiro atoms. The molecule has 0 aromatic carbocycles. The number of likely N-dealkylation sites (tertiary alicyclic amines) is 1. The lowest BCUT2D eigenvalue weighted by Gasteiger charge is -2.44. The van der Waals surface area contributed by atoms with Gasteiger partial charge in [0.15, 0.2) is 0 Å². The van der Waals surface area contributed by atoms with Crippen molar-refractivity contribution >= 4 is 36.8 Å². The van der Waals surface area contributed by atoms with Gasteiger partial charge >= 0.3 is 12.0 Å². The van der Waals surface area contributed by atoms with Gasteiger partial charge in [0.2, 0.25) is 0 Å². The fourth-order valence-corrected chi connectivity index (χ4v) is 2.15. The second-order valence-electron chi connectivity index (χ2n) is 4.03. The Bertz CT molecular complexity index is 275. The number of amides is 2. The van der Waals surface area contributed by atoms with Crippen LogP contribution in [-0.2, 0) is 4.79 Å². The highest BCUT2D eigenvalue weighted by Crippen LogP contribution is 2.31. The summed E-state index contributed by atoms with van der Waals surface area (Å²) in [4.78, 5) is 23.5. The molecule has 0 bridgehead atoms. The molecule has 0 aromatic rings. The van der Waals surface area contributed by atoms with Gasteiger partial charge < -0.3 is 15.7 Å². The van der Waals surface area contributed by atoms with Gasteiger partial charge in [0.05, 0.1) is 0 Å². The Morgan fingerprint density at radius 2 is 1.94 bits per heavy atom. The van der Waals surface area contributed by atoms with Gasteiger partial charge in [-0.1, -0.05) is 0 Å². The Kier molecular flexibility index (Phi) is 6.81. The van der Waals surface area contributed by atoms with Gasteiger partial charge in [0.1, 0.15) is 5.54 Å². The average molecular weight is 273 g/mol. The largest absolute Gasteiger partial charge is 0.480 e. The van der Waals surface area contributed by atoms with E-state index in [-0.39, 0.29) is 30.9 Å². The molecule has 2 atom stereocenters. The molecule has 1 aliphatic rings. The zero-order valence-electron chi connectivity index (χ0n) is 9.30. The Balaban J connectivity index is 0. The number of hydrogen-bond acceptors (Lipinski definition) is 2. The van der Waals surface area contributed by atoms with Crippen LogP contribution in [0.4, 0.5) is 4.79 Å². The first-order valence-corrected chi connectivity index (χ1v) is 4.72. The molecule has 7 heteroatoms. The van der Waals surface area contributed by atoms with E-state index in [9.17, 15) is 9.59 Å². The highest BCUT2D eigenvalue weighted by molar-refractivity contribution is 5.86. The first-order chi connectivity index (χ1) is 6.39. The number of piperidine rings is 1. The molecular formula is C9H18Cl2N2O3. The molecule has 1 rings (SSSR count). The molecule has 0 aromatic heterocycles. The van der Waals surface area contributed by atoms with E-state index in [2.05, 4.69) is 0 Å². The predicted octanol–water partition coefficient (Wildman–Crippen LogP) is 1.63. The van der Waals surface area contributed by atoms with E-state index in [1.54, 1.807) is 6.92 Å². The van der Waals surface area contributed by atoms with E-state index in [4.69, 9.17) is 10.8 Å². The fraction of sp³-hybridized carbons (Fsp3) is 0.778. The second kappa shape index (κ2) is 6.15. The molecule has 2 amide bonds. The summed E-state index contributed by atoms with van der Waals surface area (Å²) in [6.07, 6.45) is 2.09. The summed E-state index contributed by atoms with van der Waals surface area (Å²) in [6.45, 7) is 3.38. The summed E-state index contributed by atoms with van der Waals surface area (Å²) in [5.41, 5.74) is 4.06. The van der Waals surface area contributed by atoms with Crippen molar-refractivity contribution in [2.24, 2.45) is 5.73 Å². The van der Waals surface area contributed by atoms with Crippen LogP contribution in [0.1, 0.15) is 33.1 Å². The lowest BCUT2D eigenvalue weighted by atomic mass is 9.85. The Labute approximate surface area is 107 Å². The Morgan fingerprint density at radius 3 is 2.25 bits per heavy atom. The molecule has 1 heterocycles. The molecule has 0 aliphatic carbocycles. The highest BCUT2D eigenvalue weighted by atomic mass is 35.5. The molecule has 0 saturated carbocycles. The van der Waals surface area contributed by atoms with Crippen molar-refractivity contribution in [3.63, 3.8) is 0 Å². The van der Waals surface area contributed by atoms with Gasteiger partial charge in [-0.15, -0.1) is 24.8 Å². The zero-order valence-corrected chi connectivity index (χ0v) is 10.9. The number of carbonyl (C=O) groups is 2. The maximum atomic E-state index is 11.2. The maximum Gasteiger partial charge on any atom is 0.329 e. The molecule has 0 radical (unpaired) electrons. The number of carboxylic acids is 1. The number of urea groups is 1. The van der Waals surface area contributed by atoms with E-state index in [1.165, 1.54) is 4.90 Å². The van der Waals surface area contributed by atoms with Crippen LogP contribution in [0.3, 0.4) is 0 Å². The fourth-order valence-electron chi connectivity index (χ4n) is 2.15. The van der Waals surface area contributed by atoms with E-state index in [0.717, 1.165) is 12.8 Å². The first-order valence-electron chi connectivity index (χ1n) is 4.72. The number of hydrogen-bond donors (Lipinski definition) is 2. The molecular weight excluding hydrogens is 255 g/mol. The first kappa shape index (κ1) is 17.7. The molecule has 5 nitrogen and oxygen atoms in total. The number of nitrogens with two attached hydrogens (primary N) is 1. The van der Waals surface area contributed by atoms with Crippen molar-refractivity contribution in [2.45, 2.75) is 44.7 Å². The van der Waals surface area contributed by atoms with Crippen molar-refractivity contribution in [1.82, 2.24) is 4.90 Å². The zero-order chi connectivity index (χ0) is 10.9. The van der Waals surface area contributed by atoms with Crippen LogP contribution in [0.5, 0.6) is 0 Å². The SMILES string of the molecule is CC1CCCC(C)(C(=O)O)N1C(N)=O.Cl.Cl. The van der Waals surface area contributed by atoms with Gasteiger partial charge in [0.25, 0.3) is 0 Å². The quantitative estimate of drug-likeness (QED) is 0.761. The van der Waals surface area contributed by atoms with Gasteiger partial charge in [-0.3, -0.25) is 0 Å². The van der Waals surface area contributed by atoms with Crippen molar-refractivity contribution in [3.05, 3.63) is 0 Å². The number of carboxylic acid groups (broad SMARTS) is 1. The number of primary amides is 1. The van der Waals surface area contributed by atoms with Crippen LogP contribution < -0.4 is 5.73 Å². The van der Waals surface area contributed by atoms with Crippen LogP contribution in [0, 0.1) is 0 Å². The van der Waals surface area contributed by atoms with E-state index in [1.807, 2.05) is 6.92 Å². The van der Waals surface area contributed by atoms with Crippen LogP contribution in [0.2, 0.25) is 0 Å². The van der Waals surface area contributed by atoms with E-state index < -0.39 is 17.5 Å². The summed E-state index contributed by atoms with van der Waals surface area (Å²) in [5, 5.41) is 9.09. The minimum absolute atomic E-state index is 0. The lowest BCUT2D eigenvalue weighted by molar-refractivity contribution is -0.152. The molecule has 1 fully saturated rings. The molecule has 3 N–H and O–H groups in total. The molecule has 1 saturated heterocycles. The number of carbonyl (C=O) groups excluding carboxylic acids is 1. The third-order valence-electron chi connectivity index (χ3n) is 2.96. The van der Waals surface area contributed by atoms with Gasteiger partial charge in [-0.25, -0.2) is 9.59 Å². The summed E-state index contributed by atoms with van der Waals surface area (Å²) >= 11 is 0. The van der Waals surface area contributed by atoms with Crippen LogP contribution >= 0.6 is 24.8 Å². The lowest BCUT2D eigenvalue weighted by Crippen LogP contribution is -2.62. The molecule has 2 unspecified atom stereocenters. The standard InChI is InChI=1S/C9H16N2O3.2ClH/c1-6-4-3-5-9(2,7(12)13)11(6)8(10)14;;/h6H,3-5H2,1-2H3,(H2,10,14)(H,12,13);2*1H. The minimum atomic E-state index is -1.14. The smallest absolute Gasteiger partial charge is 0.329 e. The van der Waals surface area contributed by atoms with E-state index >= 15 is 0 Å². The third-order valence-corrected chi connectivity index (χ3v) is 2.96. The van der Waals surface area contributed by atoms with Gasteiger partial charge in [0, 0.05) is 6.04 Å². The topological polar surface area (TPSA) is 83.6 Å². The van der Waals surface area contributed by atoms with Gasteiger partial charge in [-0.2, -0.15) is 0 Å². The number of nitrogens with zero attached hydrogens (tertiary/aromatic N) is 1. The summed E-state index contributed by atoms with van der Waals surface area (Å²) in [5.74, 6) is -0.983. The summed E-state index contributed by atoms with van der Waals surface area (Å²) < 4.78 is 0. The Hall–Kier alpha value is -0.680. The second-order valence-corrected chi connectivity index (χ2v) is 4.03. The number of aliphatic carboxylic acids is 1. The van der Waals surface area contributed by atoms with Crippen LogP contribution in [0.15, 0.2) is 0 Å². The van der Waals surface area contributed by atoms with Crippen molar-refractivity contribution < 1.29 is 14.7 Å². The maximum absolute atomic E-state index is 11.2.